The number of aromatic amines is 1. The number of rotatable bonds is 3. The number of anilines is 1. The maximum Gasteiger partial charge on any atom is 0.235 e. The highest BCUT2D eigenvalue weighted by molar-refractivity contribution is 6.31. The standard InChI is InChI=1S/C19H17ClN2O/c1-12-15(20)6-4-8-16(12)22-18(23)19(9-10-19)14-11-21-17-7-3-2-5-13(14)17/h2-8,11,21H,9-10H2,1H3,(H,22,23). The Morgan fingerprint density at radius 2 is 1.96 bits per heavy atom. The molecule has 1 fully saturated rings. The third-order valence-electron chi connectivity index (χ3n) is 4.81. The molecule has 1 aliphatic rings. The number of carbonyl (C=O) groups is 1. The van der Waals surface area contributed by atoms with Crippen molar-refractivity contribution in [2.75, 3.05) is 5.32 Å². The van der Waals surface area contributed by atoms with Gasteiger partial charge in [0.05, 0.1) is 5.41 Å². The van der Waals surface area contributed by atoms with Crippen molar-refractivity contribution in [3.63, 3.8) is 0 Å². The van der Waals surface area contributed by atoms with Gasteiger partial charge in [-0.25, -0.2) is 0 Å². The number of fused-ring (bicyclic) bond motifs is 1. The Labute approximate surface area is 139 Å². The van der Waals surface area contributed by atoms with Gasteiger partial charge in [-0.15, -0.1) is 0 Å². The summed E-state index contributed by atoms with van der Waals surface area (Å²) in [4.78, 5) is 16.2. The lowest BCUT2D eigenvalue weighted by molar-refractivity contribution is -0.118. The number of halogens is 1. The molecule has 1 heterocycles. The van der Waals surface area contributed by atoms with Crippen molar-refractivity contribution in [3.05, 3.63) is 64.8 Å². The van der Waals surface area contributed by atoms with Crippen LogP contribution in [0, 0.1) is 6.92 Å². The first kappa shape index (κ1) is 14.3. The second-order valence-corrected chi connectivity index (χ2v) is 6.60. The Kier molecular flexibility index (Phi) is 3.20. The number of hydrogen-bond acceptors (Lipinski definition) is 1. The average molecular weight is 325 g/mol. The van der Waals surface area contributed by atoms with E-state index < -0.39 is 5.41 Å². The van der Waals surface area contributed by atoms with Gasteiger partial charge in [-0.1, -0.05) is 35.9 Å². The summed E-state index contributed by atoms with van der Waals surface area (Å²) in [5.41, 5.74) is 3.42. The monoisotopic (exact) mass is 324 g/mol. The van der Waals surface area contributed by atoms with Crippen molar-refractivity contribution in [1.29, 1.82) is 0 Å². The van der Waals surface area contributed by atoms with Crippen LogP contribution in [0.15, 0.2) is 48.7 Å². The molecule has 4 heteroatoms. The van der Waals surface area contributed by atoms with E-state index in [1.807, 2.05) is 49.5 Å². The number of nitrogens with one attached hydrogen (secondary N) is 2. The highest BCUT2D eigenvalue weighted by Crippen LogP contribution is 2.51. The zero-order chi connectivity index (χ0) is 16.0. The molecule has 0 spiro atoms. The Balaban J connectivity index is 1.69. The molecule has 1 aromatic heterocycles. The van der Waals surface area contributed by atoms with Gasteiger partial charge in [-0.05, 0) is 49.1 Å². The molecule has 0 bridgehead atoms. The van der Waals surface area contributed by atoms with E-state index in [9.17, 15) is 4.79 Å². The van der Waals surface area contributed by atoms with Crippen LogP contribution in [0.1, 0.15) is 24.0 Å². The molecular formula is C19H17ClN2O. The van der Waals surface area contributed by atoms with Crippen molar-refractivity contribution in [3.8, 4) is 0 Å². The van der Waals surface area contributed by atoms with Gasteiger partial charge in [0.25, 0.3) is 0 Å². The molecule has 1 amide bonds. The predicted molar refractivity (Wildman–Crippen MR) is 94.0 cm³/mol. The normalized spacial score (nSPS) is 15.6. The molecule has 3 aromatic rings. The van der Waals surface area contributed by atoms with Gasteiger partial charge in [0.1, 0.15) is 0 Å². The van der Waals surface area contributed by atoms with Crippen LogP contribution in [0.2, 0.25) is 5.02 Å². The highest BCUT2D eigenvalue weighted by atomic mass is 35.5. The molecule has 2 N–H and O–H groups in total. The smallest absolute Gasteiger partial charge is 0.235 e. The van der Waals surface area contributed by atoms with Crippen molar-refractivity contribution < 1.29 is 4.79 Å². The summed E-state index contributed by atoms with van der Waals surface area (Å²) in [5, 5.41) is 4.86. The number of benzene rings is 2. The van der Waals surface area contributed by atoms with Crippen LogP contribution in [0.25, 0.3) is 10.9 Å². The molecular weight excluding hydrogens is 308 g/mol. The highest BCUT2D eigenvalue weighted by Gasteiger charge is 2.52. The van der Waals surface area contributed by atoms with E-state index in [0.717, 1.165) is 40.6 Å². The maximum atomic E-state index is 12.9. The van der Waals surface area contributed by atoms with Crippen LogP contribution in [0.3, 0.4) is 0 Å². The maximum absolute atomic E-state index is 12.9. The Hall–Kier alpha value is -2.26. The van der Waals surface area contributed by atoms with E-state index in [-0.39, 0.29) is 5.91 Å². The number of aromatic nitrogens is 1. The fraction of sp³-hybridized carbons (Fsp3) is 0.211. The van der Waals surface area contributed by atoms with E-state index in [1.165, 1.54) is 0 Å². The van der Waals surface area contributed by atoms with Crippen LogP contribution in [0.4, 0.5) is 5.69 Å². The second-order valence-electron chi connectivity index (χ2n) is 6.20. The number of para-hydroxylation sites is 1. The summed E-state index contributed by atoms with van der Waals surface area (Å²) in [7, 11) is 0. The Bertz CT molecular complexity index is 909. The summed E-state index contributed by atoms with van der Waals surface area (Å²) in [6.07, 6.45) is 3.72. The van der Waals surface area contributed by atoms with Crippen molar-refractivity contribution in [2.24, 2.45) is 0 Å². The zero-order valence-electron chi connectivity index (χ0n) is 12.8. The largest absolute Gasteiger partial charge is 0.361 e. The molecule has 0 aliphatic heterocycles. The van der Waals surface area contributed by atoms with E-state index in [2.05, 4.69) is 16.4 Å². The molecule has 0 atom stereocenters. The van der Waals surface area contributed by atoms with Crippen LogP contribution < -0.4 is 5.32 Å². The van der Waals surface area contributed by atoms with E-state index in [1.54, 1.807) is 0 Å². The first-order chi connectivity index (χ1) is 11.1. The molecule has 3 nitrogen and oxygen atoms in total. The molecule has 4 rings (SSSR count). The van der Waals surface area contributed by atoms with Crippen molar-refractivity contribution >= 4 is 34.1 Å². The van der Waals surface area contributed by atoms with E-state index in [0.29, 0.717) is 5.02 Å². The van der Waals surface area contributed by atoms with Crippen LogP contribution >= 0.6 is 11.6 Å². The van der Waals surface area contributed by atoms with Crippen LogP contribution in [-0.4, -0.2) is 10.9 Å². The molecule has 23 heavy (non-hydrogen) atoms. The zero-order valence-corrected chi connectivity index (χ0v) is 13.6. The molecule has 0 unspecified atom stereocenters. The lowest BCUT2D eigenvalue weighted by Gasteiger charge is -2.16. The molecule has 2 aromatic carbocycles. The lowest BCUT2D eigenvalue weighted by Crippen LogP contribution is -2.28. The van der Waals surface area contributed by atoms with E-state index >= 15 is 0 Å². The molecule has 0 saturated heterocycles. The van der Waals surface area contributed by atoms with Gasteiger partial charge in [-0.3, -0.25) is 4.79 Å². The lowest BCUT2D eigenvalue weighted by atomic mass is 9.94. The molecule has 116 valence electrons. The molecule has 0 radical (unpaired) electrons. The summed E-state index contributed by atoms with van der Waals surface area (Å²) in [6, 6.07) is 13.7. The predicted octanol–water partition coefficient (Wildman–Crippen LogP) is 4.80. The van der Waals surface area contributed by atoms with Gasteiger partial charge in [0, 0.05) is 27.8 Å². The summed E-state index contributed by atoms with van der Waals surface area (Å²) in [5.74, 6) is 0.0487. The first-order valence-corrected chi connectivity index (χ1v) is 8.13. The SMILES string of the molecule is Cc1c(Cl)cccc1NC(=O)C1(c2c[nH]c3ccccc23)CC1. The van der Waals surface area contributed by atoms with Crippen molar-refractivity contribution in [2.45, 2.75) is 25.2 Å². The summed E-state index contributed by atoms with van der Waals surface area (Å²) < 4.78 is 0. The third-order valence-corrected chi connectivity index (χ3v) is 5.21. The number of H-pyrrole nitrogens is 1. The minimum atomic E-state index is -0.422. The topological polar surface area (TPSA) is 44.9 Å². The van der Waals surface area contributed by atoms with Crippen LogP contribution in [-0.2, 0) is 10.2 Å². The van der Waals surface area contributed by atoms with Gasteiger partial charge in [0.2, 0.25) is 5.91 Å². The van der Waals surface area contributed by atoms with Gasteiger partial charge in [0.15, 0.2) is 0 Å². The van der Waals surface area contributed by atoms with Gasteiger partial charge in [-0.2, -0.15) is 0 Å². The fourth-order valence-corrected chi connectivity index (χ4v) is 3.37. The summed E-state index contributed by atoms with van der Waals surface area (Å²) in [6.45, 7) is 1.92. The van der Waals surface area contributed by atoms with Crippen molar-refractivity contribution in [1.82, 2.24) is 4.98 Å². The van der Waals surface area contributed by atoms with Crippen LogP contribution in [0.5, 0.6) is 0 Å². The number of carbonyl (C=O) groups excluding carboxylic acids is 1. The first-order valence-electron chi connectivity index (χ1n) is 7.75. The number of amides is 1. The Morgan fingerprint density at radius 3 is 2.74 bits per heavy atom. The quantitative estimate of drug-likeness (QED) is 0.714. The molecule has 1 saturated carbocycles. The third kappa shape index (κ3) is 2.23. The fourth-order valence-electron chi connectivity index (χ4n) is 3.20. The van der Waals surface area contributed by atoms with Gasteiger partial charge < -0.3 is 10.3 Å². The number of hydrogen-bond donors (Lipinski definition) is 2. The molecule has 1 aliphatic carbocycles. The Morgan fingerprint density at radius 1 is 1.17 bits per heavy atom. The van der Waals surface area contributed by atoms with E-state index in [4.69, 9.17) is 11.6 Å². The summed E-state index contributed by atoms with van der Waals surface area (Å²) >= 11 is 6.15. The van der Waals surface area contributed by atoms with Gasteiger partial charge >= 0.3 is 0 Å². The average Bonchev–Trinajstić information content (AvgIpc) is 3.25. The minimum Gasteiger partial charge on any atom is -0.361 e. The second kappa shape index (κ2) is 5.14. The minimum absolute atomic E-state index is 0.0487.